The molecular weight excluding hydrogens is 511 g/mol. The molecule has 0 amide bonds. The summed E-state index contributed by atoms with van der Waals surface area (Å²) in [6.45, 7) is 0. The molecule has 0 bridgehead atoms. The maximum Gasteiger partial charge on any atom is 0.299 e. The van der Waals surface area contributed by atoms with Crippen LogP contribution in [-0.4, -0.2) is 14.5 Å². The molecule has 2 aromatic rings. The minimum absolute atomic E-state index is 0.117. The molecular formula is C17H17ClF2IN3O2S. The molecule has 0 heterocycles. The highest BCUT2D eigenvalue weighted by molar-refractivity contribution is 14.1. The van der Waals surface area contributed by atoms with Gasteiger partial charge in [-0.25, -0.2) is 8.78 Å². The molecule has 2 aromatic carbocycles. The van der Waals surface area contributed by atoms with Crippen molar-refractivity contribution >= 4 is 61.5 Å². The summed E-state index contributed by atoms with van der Waals surface area (Å²) >= 11 is 8.20. The van der Waals surface area contributed by atoms with Gasteiger partial charge in [0.1, 0.15) is 5.69 Å². The molecule has 0 aliphatic heterocycles. The Hall–Kier alpha value is -1.17. The maximum absolute atomic E-state index is 14.4. The third-order valence-electron chi connectivity index (χ3n) is 4.21. The van der Waals surface area contributed by atoms with E-state index in [1.807, 2.05) is 0 Å². The fourth-order valence-electron chi connectivity index (χ4n) is 2.92. The minimum Gasteiger partial charge on any atom is -0.350 e. The molecule has 0 unspecified atom stereocenters. The summed E-state index contributed by atoms with van der Waals surface area (Å²) in [5, 5.41) is 2.98. The Morgan fingerprint density at radius 3 is 2.41 bits per heavy atom. The van der Waals surface area contributed by atoms with Crippen molar-refractivity contribution in [1.29, 1.82) is 0 Å². The lowest BCUT2D eigenvalue weighted by Crippen LogP contribution is -2.37. The van der Waals surface area contributed by atoms with E-state index in [9.17, 15) is 17.2 Å². The van der Waals surface area contributed by atoms with E-state index in [-0.39, 0.29) is 17.4 Å². The van der Waals surface area contributed by atoms with Crippen LogP contribution in [0.25, 0.3) is 0 Å². The Balaban J connectivity index is 1.90. The van der Waals surface area contributed by atoms with Gasteiger partial charge in [-0.3, -0.25) is 4.72 Å². The number of benzene rings is 2. The van der Waals surface area contributed by atoms with Crippen LogP contribution in [0.3, 0.4) is 0 Å². The Labute approximate surface area is 175 Å². The van der Waals surface area contributed by atoms with Crippen molar-refractivity contribution in [2.45, 2.75) is 31.7 Å². The van der Waals surface area contributed by atoms with Crippen LogP contribution in [0.1, 0.15) is 25.7 Å². The van der Waals surface area contributed by atoms with E-state index in [0.717, 1.165) is 41.4 Å². The Morgan fingerprint density at radius 1 is 1.07 bits per heavy atom. The van der Waals surface area contributed by atoms with Crippen LogP contribution >= 0.6 is 34.2 Å². The van der Waals surface area contributed by atoms with Gasteiger partial charge in [0.05, 0.1) is 16.4 Å². The number of halogens is 4. The van der Waals surface area contributed by atoms with E-state index in [0.29, 0.717) is 10.7 Å². The highest BCUT2D eigenvalue weighted by Crippen LogP contribution is 2.34. The van der Waals surface area contributed by atoms with Crippen molar-refractivity contribution < 1.29 is 17.2 Å². The quantitative estimate of drug-likeness (QED) is 0.455. The summed E-state index contributed by atoms with van der Waals surface area (Å²) in [6.07, 6.45) is 3.41. The van der Waals surface area contributed by atoms with Crippen LogP contribution in [0.2, 0.25) is 5.02 Å². The van der Waals surface area contributed by atoms with Gasteiger partial charge in [-0.1, -0.05) is 24.4 Å². The number of rotatable bonds is 6. The second kappa shape index (κ2) is 8.46. The summed E-state index contributed by atoms with van der Waals surface area (Å²) in [7, 11) is -3.94. The first-order valence-electron chi connectivity index (χ1n) is 8.25. The molecule has 10 heteroatoms. The number of hydrogen-bond donors (Lipinski definition) is 3. The van der Waals surface area contributed by atoms with Crippen LogP contribution in [0, 0.1) is 15.2 Å². The predicted octanol–water partition coefficient (Wildman–Crippen LogP) is 5.16. The molecule has 0 atom stereocenters. The number of anilines is 3. The Kier molecular flexibility index (Phi) is 6.44. The van der Waals surface area contributed by atoms with Crippen molar-refractivity contribution in [1.82, 2.24) is 4.72 Å². The normalized spacial score (nSPS) is 15.1. The van der Waals surface area contributed by atoms with E-state index < -0.39 is 21.8 Å². The fourth-order valence-corrected chi connectivity index (χ4v) is 5.02. The topological polar surface area (TPSA) is 70.2 Å². The Bertz CT molecular complexity index is 953. The van der Waals surface area contributed by atoms with Crippen LogP contribution in [0.4, 0.5) is 25.8 Å². The number of nitrogens with one attached hydrogen (secondary N) is 3. The van der Waals surface area contributed by atoms with Gasteiger partial charge in [-0.05, 0) is 65.8 Å². The van der Waals surface area contributed by atoms with Gasteiger partial charge in [0.15, 0.2) is 11.6 Å². The lowest BCUT2D eigenvalue weighted by molar-refractivity contribution is 0.512. The van der Waals surface area contributed by atoms with Crippen molar-refractivity contribution in [2.24, 2.45) is 0 Å². The molecule has 0 aromatic heterocycles. The summed E-state index contributed by atoms with van der Waals surface area (Å²) in [5.74, 6) is -2.31. The average Bonchev–Trinajstić information content (AvgIpc) is 3.08. The fraction of sp³-hybridized carbons (Fsp3) is 0.294. The van der Waals surface area contributed by atoms with Crippen molar-refractivity contribution in [3.05, 3.63) is 50.6 Å². The zero-order valence-electron chi connectivity index (χ0n) is 14.0. The second-order valence-corrected chi connectivity index (χ2v) is 9.34. The highest BCUT2D eigenvalue weighted by Gasteiger charge is 2.23. The second-order valence-electron chi connectivity index (χ2n) is 6.24. The molecule has 3 N–H and O–H groups in total. The largest absolute Gasteiger partial charge is 0.350 e. The lowest BCUT2D eigenvalue weighted by atomic mass is 10.2. The van der Waals surface area contributed by atoms with Crippen molar-refractivity contribution in [3.8, 4) is 0 Å². The third-order valence-corrected chi connectivity index (χ3v) is 6.32. The van der Waals surface area contributed by atoms with E-state index in [2.05, 4.69) is 37.4 Å². The third kappa shape index (κ3) is 5.21. The first-order valence-corrected chi connectivity index (χ1v) is 11.2. The van der Waals surface area contributed by atoms with Gasteiger partial charge in [0, 0.05) is 9.61 Å². The summed E-state index contributed by atoms with van der Waals surface area (Å²) in [5.41, 5.74) is -0.130. The number of hydrogen-bond acceptors (Lipinski definition) is 3. The van der Waals surface area contributed by atoms with Crippen molar-refractivity contribution in [3.63, 3.8) is 0 Å². The average molecular weight is 528 g/mol. The highest BCUT2D eigenvalue weighted by atomic mass is 127. The summed E-state index contributed by atoms with van der Waals surface area (Å²) < 4.78 is 58.6. The zero-order valence-corrected chi connectivity index (χ0v) is 17.8. The van der Waals surface area contributed by atoms with Crippen LogP contribution in [0.15, 0.2) is 30.3 Å². The van der Waals surface area contributed by atoms with Crippen molar-refractivity contribution in [2.75, 3.05) is 10.0 Å². The van der Waals surface area contributed by atoms with E-state index >= 15 is 0 Å². The van der Waals surface area contributed by atoms with Crippen LogP contribution < -0.4 is 14.8 Å². The smallest absolute Gasteiger partial charge is 0.299 e. The van der Waals surface area contributed by atoms with Crippen LogP contribution in [0.5, 0.6) is 0 Å². The molecule has 1 aliphatic rings. The first-order chi connectivity index (χ1) is 12.7. The van der Waals surface area contributed by atoms with Gasteiger partial charge in [-0.2, -0.15) is 13.1 Å². The lowest BCUT2D eigenvalue weighted by Gasteiger charge is -2.18. The van der Waals surface area contributed by atoms with Gasteiger partial charge in [0.25, 0.3) is 10.2 Å². The van der Waals surface area contributed by atoms with Gasteiger partial charge in [-0.15, -0.1) is 0 Å². The molecule has 1 fully saturated rings. The van der Waals surface area contributed by atoms with Crippen LogP contribution in [-0.2, 0) is 10.2 Å². The summed E-state index contributed by atoms with van der Waals surface area (Å²) in [4.78, 5) is 0. The molecule has 1 aliphatic carbocycles. The van der Waals surface area contributed by atoms with E-state index in [1.54, 1.807) is 18.2 Å². The molecule has 0 spiro atoms. The molecule has 146 valence electrons. The molecule has 5 nitrogen and oxygen atoms in total. The monoisotopic (exact) mass is 527 g/mol. The first kappa shape index (κ1) is 20.6. The van der Waals surface area contributed by atoms with Gasteiger partial charge in [0.2, 0.25) is 0 Å². The predicted molar refractivity (Wildman–Crippen MR) is 112 cm³/mol. The molecule has 0 radical (unpaired) electrons. The maximum atomic E-state index is 14.4. The summed E-state index contributed by atoms with van der Waals surface area (Å²) in [6, 6.07) is 6.85. The molecule has 27 heavy (non-hydrogen) atoms. The molecule has 1 saturated carbocycles. The standard InChI is InChI=1S/C17H17ClF2IN3O2S/c18-12-9-10(21)5-7-14(12)22-17-15(8-6-13(19)16(17)20)24-27(25,26)23-11-3-1-2-4-11/h5-9,11,22-24H,1-4H2. The van der Waals surface area contributed by atoms with E-state index in [1.165, 1.54) is 0 Å². The molecule has 3 rings (SSSR count). The minimum atomic E-state index is -3.94. The van der Waals surface area contributed by atoms with Gasteiger partial charge < -0.3 is 5.32 Å². The van der Waals surface area contributed by atoms with Gasteiger partial charge >= 0.3 is 0 Å². The SMILES string of the molecule is O=S(=O)(Nc1ccc(F)c(F)c1Nc1ccc(I)cc1Cl)NC1CCCC1. The van der Waals surface area contributed by atoms with E-state index in [4.69, 9.17) is 11.6 Å². The Morgan fingerprint density at radius 2 is 1.74 bits per heavy atom. The zero-order chi connectivity index (χ0) is 19.6. The molecule has 0 saturated heterocycles.